The van der Waals surface area contributed by atoms with E-state index in [-0.39, 0.29) is 12.5 Å². The topological polar surface area (TPSA) is 64.3 Å². The molecule has 0 radical (unpaired) electrons. The lowest BCUT2D eigenvalue weighted by Gasteiger charge is -2.10. The molecule has 1 aromatic heterocycles. The minimum absolute atomic E-state index is 0.193. The number of carbonyl (C=O) groups excluding carboxylic acids is 1. The van der Waals surface area contributed by atoms with Crippen LogP contribution in [0.5, 0.6) is 0 Å². The highest BCUT2D eigenvalue weighted by molar-refractivity contribution is 9.10. The van der Waals surface area contributed by atoms with Crippen LogP contribution in [0.4, 0.5) is 0 Å². The SMILES string of the molecule is COCC(N)C(=O)NCc1cc(Br)cs1. The Hall–Kier alpha value is -0.430. The molecule has 0 saturated carbocycles. The van der Waals surface area contributed by atoms with E-state index in [9.17, 15) is 4.79 Å². The molecule has 1 unspecified atom stereocenters. The zero-order chi connectivity index (χ0) is 11.3. The average molecular weight is 293 g/mol. The maximum absolute atomic E-state index is 11.4. The zero-order valence-corrected chi connectivity index (χ0v) is 10.7. The van der Waals surface area contributed by atoms with Gasteiger partial charge in [0.1, 0.15) is 6.04 Å². The summed E-state index contributed by atoms with van der Waals surface area (Å²) in [6.07, 6.45) is 0. The maximum Gasteiger partial charge on any atom is 0.239 e. The summed E-state index contributed by atoms with van der Waals surface area (Å²) in [5, 5.41) is 4.71. The van der Waals surface area contributed by atoms with Crippen molar-refractivity contribution in [3.63, 3.8) is 0 Å². The van der Waals surface area contributed by atoms with Gasteiger partial charge in [0.05, 0.1) is 13.2 Å². The summed E-state index contributed by atoms with van der Waals surface area (Å²) in [5.41, 5.74) is 5.55. The Bertz CT molecular complexity index is 330. The van der Waals surface area contributed by atoms with E-state index in [2.05, 4.69) is 21.2 Å². The second-order valence-electron chi connectivity index (χ2n) is 3.01. The van der Waals surface area contributed by atoms with Crippen molar-refractivity contribution in [3.05, 3.63) is 20.8 Å². The first-order valence-corrected chi connectivity index (χ1v) is 6.06. The molecule has 1 heterocycles. The van der Waals surface area contributed by atoms with E-state index in [0.29, 0.717) is 6.54 Å². The van der Waals surface area contributed by atoms with Crippen LogP contribution >= 0.6 is 27.3 Å². The molecule has 0 spiro atoms. The fourth-order valence-corrected chi connectivity index (χ4v) is 2.40. The lowest BCUT2D eigenvalue weighted by molar-refractivity contribution is -0.123. The Balaban J connectivity index is 2.34. The van der Waals surface area contributed by atoms with Crippen LogP contribution < -0.4 is 11.1 Å². The van der Waals surface area contributed by atoms with Gasteiger partial charge in [-0.1, -0.05) is 0 Å². The zero-order valence-electron chi connectivity index (χ0n) is 8.33. The van der Waals surface area contributed by atoms with Crippen LogP contribution in [0.1, 0.15) is 4.88 Å². The molecule has 15 heavy (non-hydrogen) atoms. The predicted molar refractivity (Wildman–Crippen MR) is 63.7 cm³/mol. The number of hydrogen-bond donors (Lipinski definition) is 2. The van der Waals surface area contributed by atoms with E-state index in [4.69, 9.17) is 10.5 Å². The number of carbonyl (C=O) groups is 1. The molecule has 1 rings (SSSR count). The largest absolute Gasteiger partial charge is 0.383 e. The number of nitrogens with one attached hydrogen (secondary N) is 1. The first kappa shape index (κ1) is 12.6. The van der Waals surface area contributed by atoms with Gasteiger partial charge in [-0.15, -0.1) is 11.3 Å². The fourth-order valence-electron chi connectivity index (χ4n) is 1.01. The van der Waals surface area contributed by atoms with E-state index in [1.807, 2.05) is 11.4 Å². The van der Waals surface area contributed by atoms with Crippen molar-refractivity contribution >= 4 is 33.2 Å². The Labute approximate surface area is 101 Å². The molecule has 3 N–H and O–H groups in total. The van der Waals surface area contributed by atoms with E-state index in [1.54, 1.807) is 11.3 Å². The monoisotopic (exact) mass is 292 g/mol. The molecule has 1 atom stereocenters. The van der Waals surface area contributed by atoms with Crippen LogP contribution in [0, 0.1) is 0 Å². The minimum Gasteiger partial charge on any atom is -0.383 e. The highest BCUT2D eigenvalue weighted by atomic mass is 79.9. The third kappa shape index (κ3) is 4.29. The van der Waals surface area contributed by atoms with Gasteiger partial charge < -0.3 is 15.8 Å². The standard InChI is InChI=1S/C9H13BrN2O2S/c1-14-4-8(11)9(13)12-3-7-2-6(10)5-15-7/h2,5,8H,3-4,11H2,1H3,(H,12,13). The number of halogens is 1. The highest BCUT2D eigenvalue weighted by Crippen LogP contribution is 2.19. The molecule has 0 aliphatic carbocycles. The predicted octanol–water partition coefficient (Wildman–Crippen LogP) is 1.10. The second kappa shape index (κ2) is 6.22. The lowest BCUT2D eigenvalue weighted by Crippen LogP contribution is -2.43. The van der Waals surface area contributed by atoms with Crippen molar-refractivity contribution in [3.8, 4) is 0 Å². The van der Waals surface area contributed by atoms with Gasteiger partial charge in [0.15, 0.2) is 0 Å². The van der Waals surface area contributed by atoms with E-state index >= 15 is 0 Å². The van der Waals surface area contributed by atoms with Crippen LogP contribution in [0.2, 0.25) is 0 Å². The van der Waals surface area contributed by atoms with Gasteiger partial charge in [-0.2, -0.15) is 0 Å². The molecular formula is C9H13BrN2O2S. The van der Waals surface area contributed by atoms with Gasteiger partial charge in [-0.25, -0.2) is 0 Å². The third-order valence-electron chi connectivity index (χ3n) is 1.74. The first-order valence-electron chi connectivity index (χ1n) is 4.38. The van der Waals surface area contributed by atoms with Gasteiger partial charge in [0.25, 0.3) is 0 Å². The number of methoxy groups -OCH3 is 1. The summed E-state index contributed by atoms with van der Waals surface area (Å²) in [5.74, 6) is -0.193. The number of thiophene rings is 1. The Morgan fingerprint density at radius 2 is 2.53 bits per heavy atom. The van der Waals surface area contributed by atoms with E-state index < -0.39 is 6.04 Å². The molecule has 84 valence electrons. The molecule has 0 aliphatic rings. The van der Waals surface area contributed by atoms with Crippen molar-refractivity contribution in [2.45, 2.75) is 12.6 Å². The molecule has 4 nitrogen and oxygen atoms in total. The molecule has 0 aliphatic heterocycles. The minimum atomic E-state index is -0.599. The summed E-state index contributed by atoms with van der Waals surface area (Å²) < 4.78 is 5.82. The summed E-state index contributed by atoms with van der Waals surface area (Å²) in [7, 11) is 1.52. The summed E-state index contributed by atoms with van der Waals surface area (Å²) in [4.78, 5) is 12.5. The van der Waals surface area contributed by atoms with E-state index in [0.717, 1.165) is 9.35 Å². The molecule has 1 amide bonds. The molecule has 1 aromatic rings. The average Bonchev–Trinajstić information content (AvgIpc) is 2.61. The smallest absolute Gasteiger partial charge is 0.239 e. The van der Waals surface area contributed by atoms with Gasteiger partial charge in [0.2, 0.25) is 5.91 Å². The molecule has 6 heteroatoms. The number of nitrogens with two attached hydrogens (primary N) is 1. The van der Waals surface area contributed by atoms with Crippen molar-refractivity contribution in [1.29, 1.82) is 0 Å². The highest BCUT2D eigenvalue weighted by Gasteiger charge is 2.12. The molecular weight excluding hydrogens is 280 g/mol. The van der Waals surface area contributed by atoms with Crippen molar-refractivity contribution < 1.29 is 9.53 Å². The van der Waals surface area contributed by atoms with E-state index in [1.165, 1.54) is 7.11 Å². The molecule has 0 fully saturated rings. The quantitative estimate of drug-likeness (QED) is 0.854. The first-order chi connectivity index (χ1) is 7.13. The van der Waals surface area contributed by atoms with Crippen molar-refractivity contribution in [2.24, 2.45) is 5.73 Å². The van der Waals surface area contributed by atoms with Crippen molar-refractivity contribution in [1.82, 2.24) is 5.32 Å². The number of amides is 1. The number of ether oxygens (including phenoxy) is 1. The van der Waals surface area contributed by atoms with Crippen LogP contribution in [-0.2, 0) is 16.1 Å². The Kier molecular flexibility index (Phi) is 5.24. The Morgan fingerprint density at radius 1 is 1.80 bits per heavy atom. The van der Waals surface area contributed by atoms with Gasteiger partial charge in [0, 0.05) is 21.8 Å². The summed E-state index contributed by atoms with van der Waals surface area (Å²) in [6, 6.07) is 1.37. The molecule has 0 aromatic carbocycles. The Morgan fingerprint density at radius 3 is 3.07 bits per heavy atom. The van der Waals surface area contributed by atoms with Gasteiger partial charge in [-0.05, 0) is 22.0 Å². The maximum atomic E-state index is 11.4. The summed E-state index contributed by atoms with van der Waals surface area (Å²) >= 11 is 4.93. The number of rotatable bonds is 5. The van der Waals surface area contributed by atoms with Gasteiger partial charge in [-0.3, -0.25) is 4.79 Å². The molecule has 0 saturated heterocycles. The van der Waals surface area contributed by atoms with Crippen LogP contribution in [-0.4, -0.2) is 25.7 Å². The lowest BCUT2D eigenvalue weighted by atomic mass is 10.3. The van der Waals surface area contributed by atoms with Crippen molar-refractivity contribution in [2.75, 3.05) is 13.7 Å². The number of hydrogen-bond acceptors (Lipinski definition) is 4. The van der Waals surface area contributed by atoms with Crippen LogP contribution in [0.15, 0.2) is 15.9 Å². The fraction of sp³-hybridized carbons (Fsp3) is 0.444. The normalized spacial score (nSPS) is 12.5. The van der Waals surface area contributed by atoms with Crippen LogP contribution in [0.3, 0.4) is 0 Å². The third-order valence-corrected chi connectivity index (χ3v) is 3.44. The summed E-state index contributed by atoms with van der Waals surface area (Å²) in [6.45, 7) is 0.743. The van der Waals surface area contributed by atoms with Gasteiger partial charge >= 0.3 is 0 Å². The van der Waals surface area contributed by atoms with Crippen LogP contribution in [0.25, 0.3) is 0 Å². The second-order valence-corrected chi connectivity index (χ2v) is 4.92. The molecule has 0 bridgehead atoms.